The molecule has 2 N–H and O–H groups in total. The number of nitrogens with one attached hydrogen (secondary N) is 2. The number of hydrogen-bond acceptors (Lipinski definition) is 4. The summed E-state index contributed by atoms with van der Waals surface area (Å²) in [6.45, 7) is 1.63. The largest absolute Gasteiger partial charge is 0.351 e. The summed E-state index contributed by atoms with van der Waals surface area (Å²) in [7, 11) is 0. The van der Waals surface area contributed by atoms with Crippen molar-refractivity contribution in [2.24, 2.45) is 17.8 Å². The lowest BCUT2D eigenvalue weighted by atomic mass is 9.75. The molecule has 6 rings (SSSR count). The first kappa shape index (κ1) is 19.1. The summed E-state index contributed by atoms with van der Waals surface area (Å²) < 4.78 is 3.71. The number of fused-ring (bicyclic) bond motifs is 2. The Morgan fingerprint density at radius 2 is 2.00 bits per heavy atom. The summed E-state index contributed by atoms with van der Waals surface area (Å²) >= 11 is 0. The molecule has 3 bridgehead atoms. The van der Waals surface area contributed by atoms with E-state index in [4.69, 9.17) is 0 Å². The van der Waals surface area contributed by atoms with E-state index in [-0.39, 0.29) is 23.4 Å². The number of nitrogens with zero attached hydrogens (tertiary/aromatic N) is 4. The monoisotopic (exact) mass is 422 g/mol. The van der Waals surface area contributed by atoms with Crippen LogP contribution in [0.25, 0.3) is 5.82 Å². The van der Waals surface area contributed by atoms with Gasteiger partial charge in [-0.15, -0.1) is 0 Å². The van der Waals surface area contributed by atoms with Crippen molar-refractivity contribution in [1.82, 2.24) is 30.2 Å². The summed E-state index contributed by atoms with van der Waals surface area (Å²) in [5.41, 5.74) is 0.529. The molecule has 0 radical (unpaired) electrons. The molecular formula is C23H30N6O2. The van der Waals surface area contributed by atoms with Crippen molar-refractivity contribution in [3.63, 3.8) is 0 Å². The van der Waals surface area contributed by atoms with Crippen LogP contribution in [0.3, 0.4) is 0 Å². The molecule has 8 heteroatoms. The standard InChI is InChI=1S/C23H30N6O2/c1-14(30)27-23-10-15-3-6-20(18(12-23)16(9-15)11-23)26-21(31)19-13-25-29(17-4-5-17)22(19)28-8-2-7-24-28/h2,7-8,13,15-18,20H,3-6,9-12H2,1H3,(H,26,31)(H,27,30)/t15?,16?,18?,20-,23-/m0/s1. The molecule has 4 aliphatic rings. The molecule has 164 valence electrons. The third-order valence-electron chi connectivity index (χ3n) is 7.99. The fraction of sp³-hybridized carbons (Fsp3) is 0.652. The van der Waals surface area contributed by atoms with Crippen molar-refractivity contribution in [3.8, 4) is 5.82 Å². The normalized spacial score (nSPS) is 33.8. The van der Waals surface area contributed by atoms with Crippen molar-refractivity contribution >= 4 is 11.8 Å². The molecule has 31 heavy (non-hydrogen) atoms. The van der Waals surface area contributed by atoms with E-state index in [0.29, 0.717) is 29.4 Å². The molecule has 0 saturated heterocycles. The fourth-order valence-electron chi connectivity index (χ4n) is 6.84. The number of aromatic nitrogens is 4. The first-order chi connectivity index (χ1) is 15.0. The fourth-order valence-corrected chi connectivity index (χ4v) is 6.84. The third-order valence-corrected chi connectivity index (χ3v) is 7.99. The topological polar surface area (TPSA) is 93.8 Å². The van der Waals surface area contributed by atoms with E-state index in [2.05, 4.69) is 20.8 Å². The molecule has 2 aromatic heterocycles. The second kappa shape index (κ2) is 6.93. The lowest BCUT2D eigenvalue weighted by molar-refractivity contribution is -0.121. The van der Waals surface area contributed by atoms with Crippen LogP contribution in [0.5, 0.6) is 0 Å². The molecular weight excluding hydrogens is 392 g/mol. The molecule has 3 unspecified atom stereocenters. The summed E-state index contributed by atoms with van der Waals surface area (Å²) in [4.78, 5) is 25.3. The van der Waals surface area contributed by atoms with Crippen LogP contribution in [0.1, 0.15) is 74.7 Å². The maximum atomic E-state index is 13.5. The maximum absolute atomic E-state index is 13.5. The Kier molecular flexibility index (Phi) is 4.27. The minimum Gasteiger partial charge on any atom is -0.351 e. The van der Waals surface area contributed by atoms with E-state index >= 15 is 0 Å². The average molecular weight is 423 g/mol. The molecule has 4 fully saturated rings. The highest BCUT2D eigenvalue weighted by Crippen LogP contribution is 2.55. The van der Waals surface area contributed by atoms with Gasteiger partial charge < -0.3 is 10.6 Å². The van der Waals surface area contributed by atoms with Crippen LogP contribution < -0.4 is 10.6 Å². The quantitative estimate of drug-likeness (QED) is 0.775. The van der Waals surface area contributed by atoms with E-state index in [0.717, 1.165) is 50.8 Å². The van der Waals surface area contributed by atoms with E-state index in [1.54, 1.807) is 24.0 Å². The number of carbonyl (C=O) groups excluding carboxylic acids is 2. The molecule has 8 nitrogen and oxygen atoms in total. The molecule has 5 atom stereocenters. The van der Waals surface area contributed by atoms with Gasteiger partial charge in [0.1, 0.15) is 5.56 Å². The van der Waals surface area contributed by atoms with Crippen molar-refractivity contribution in [2.45, 2.75) is 75.9 Å². The average Bonchev–Trinajstić information content (AvgIpc) is 3.18. The van der Waals surface area contributed by atoms with Crippen LogP contribution in [0.4, 0.5) is 0 Å². The van der Waals surface area contributed by atoms with Crippen LogP contribution in [-0.4, -0.2) is 43.0 Å². The molecule has 2 aromatic rings. The zero-order valence-corrected chi connectivity index (χ0v) is 18.0. The molecule has 0 aliphatic heterocycles. The van der Waals surface area contributed by atoms with Gasteiger partial charge in [-0.2, -0.15) is 10.2 Å². The first-order valence-electron chi connectivity index (χ1n) is 11.7. The number of hydrogen-bond donors (Lipinski definition) is 2. The number of amides is 2. The molecule has 4 aliphatic carbocycles. The minimum atomic E-state index is -0.0649. The van der Waals surface area contributed by atoms with Gasteiger partial charge in [0.05, 0.1) is 12.2 Å². The lowest BCUT2D eigenvalue weighted by Gasteiger charge is -2.38. The van der Waals surface area contributed by atoms with Crippen LogP contribution in [0.15, 0.2) is 24.7 Å². The van der Waals surface area contributed by atoms with Gasteiger partial charge in [-0.25, -0.2) is 9.36 Å². The molecule has 0 spiro atoms. The van der Waals surface area contributed by atoms with Crippen LogP contribution in [-0.2, 0) is 4.79 Å². The van der Waals surface area contributed by atoms with Gasteiger partial charge in [-0.3, -0.25) is 9.59 Å². The minimum absolute atomic E-state index is 0.0581. The molecule has 0 aromatic carbocycles. The van der Waals surface area contributed by atoms with Crippen LogP contribution >= 0.6 is 0 Å². The molecule has 4 saturated carbocycles. The second-order valence-electron chi connectivity index (χ2n) is 10.3. The van der Waals surface area contributed by atoms with Gasteiger partial charge in [-0.05, 0) is 75.2 Å². The van der Waals surface area contributed by atoms with Crippen molar-refractivity contribution < 1.29 is 9.59 Å². The number of rotatable bonds is 5. The molecule has 2 amide bonds. The lowest BCUT2D eigenvalue weighted by Crippen LogP contribution is -2.50. The van der Waals surface area contributed by atoms with E-state index in [1.807, 2.05) is 16.9 Å². The van der Waals surface area contributed by atoms with Crippen molar-refractivity contribution in [3.05, 3.63) is 30.2 Å². The first-order valence-corrected chi connectivity index (χ1v) is 11.7. The smallest absolute Gasteiger partial charge is 0.256 e. The highest BCUT2D eigenvalue weighted by atomic mass is 16.2. The van der Waals surface area contributed by atoms with Gasteiger partial charge in [0.2, 0.25) is 5.91 Å². The van der Waals surface area contributed by atoms with Crippen LogP contribution in [0, 0.1) is 17.8 Å². The summed E-state index contributed by atoms with van der Waals surface area (Å²) in [5.74, 6) is 2.43. The van der Waals surface area contributed by atoms with E-state index in [9.17, 15) is 9.59 Å². The Morgan fingerprint density at radius 1 is 1.13 bits per heavy atom. The summed E-state index contributed by atoms with van der Waals surface area (Å²) in [6.07, 6.45) is 14.0. The Labute approximate surface area is 181 Å². The van der Waals surface area contributed by atoms with Crippen molar-refractivity contribution in [2.75, 3.05) is 0 Å². The third kappa shape index (κ3) is 3.27. The van der Waals surface area contributed by atoms with Gasteiger partial charge in [0.15, 0.2) is 5.82 Å². The predicted molar refractivity (Wildman–Crippen MR) is 114 cm³/mol. The molecule has 2 heterocycles. The Balaban J connectivity index is 1.26. The number of carbonyl (C=O) groups is 2. The second-order valence-corrected chi connectivity index (χ2v) is 10.3. The van der Waals surface area contributed by atoms with Gasteiger partial charge in [0.25, 0.3) is 5.91 Å². The van der Waals surface area contributed by atoms with Gasteiger partial charge >= 0.3 is 0 Å². The van der Waals surface area contributed by atoms with Gasteiger partial charge in [-0.1, -0.05) is 0 Å². The highest BCUT2D eigenvalue weighted by Gasteiger charge is 2.54. The van der Waals surface area contributed by atoms with E-state index in [1.165, 1.54) is 6.42 Å². The predicted octanol–water partition coefficient (Wildman–Crippen LogP) is 2.61. The van der Waals surface area contributed by atoms with Crippen LogP contribution in [0.2, 0.25) is 0 Å². The highest BCUT2D eigenvalue weighted by molar-refractivity contribution is 5.97. The summed E-state index contributed by atoms with van der Waals surface area (Å²) in [5, 5.41) is 15.6. The Morgan fingerprint density at radius 3 is 2.74 bits per heavy atom. The Bertz CT molecular complexity index is 1010. The zero-order chi connectivity index (χ0) is 21.2. The SMILES string of the molecule is CC(=O)N[C@]12CC3CC[C@H](NC(=O)c4cnn(C5CC5)c4-n4cccn4)C(C1)C(C3)C2. The zero-order valence-electron chi connectivity index (χ0n) is 18.0. The van der Waals surface area contributed by atoms with Crippen molar-refractivity contribution in [1.29, 1.82) is 0 Å². The van der Waals surface area contributed by atoms with Gasteiger partial charge in [0, 0.05) is 30.9 Å². The maximum Gasteiger partial charge on any atom is 0.256 e. The Hall–Kier alpha value is -2.64. The summed E-state index contributed by atoms with van der Waals surface area (Å²) in [6, 6.07) is 2.38. The van der Waals surface area contributed by atoms with E-state index < -0.39 is 0 Å².